The topological polar surface area (TPSA) is 86.8 Å². The summed E-state index contributed by atoms with van der Waals surface area (Å²) in [5, 5.41) is 2.85. The molecule has 3 aromatic rings. The van der Waals surface area contributed by atoms with Gasteiger partial charge in [-0.25, -0.2) is 21.6 Å². The highest BCUT2D eigenvalue weighted by Gasteiger charge is 2.33. The van der Waals surface area contributed by atoms with E-state index in [0.29, 0.717) is 28.9 Å². The molecule has 40 heavy (non-hydrogen) atoms. The Hall–Kier alpha value is -3.86. The van der Waals surface area contributed by atoms with Crippen molar-refractivity contribution in [2.24, 2.45) is 0 Å². The third-order valence-electron chi connectivity index (χ3n) is 6.24. The number of carbonyl (C=O) groups is 2. The fraction of sp³-hybridized carbons (Fsp3) is 0.310. The Kier molecular flexibility index (Phi) is 10.7. The minimum Gasteiger partial charge on any atom is -0.354 e. The summed E-state index contributed by atoms with van der Waals surface area (Å²) in [6, 6.07) is 15.8. The maximum Gasteiger partial charge on any atom is 0.244 e. The number of amides is 2. The molecule has 0 aliphatic carbocycles. The number of hydrogen-bond donors (Lipinski definition) is 1. The van der Waals surface area contributed by atoms with E-state index in [1.165, 1.54) is 29.2 Å². The molecule has 0 fully saturated rings. The van der Waals surface area contributed by atoms with Gasteiger partial charge in [0.2, 0.25) is 21.8 Å². The van der Waals surface area contributed by atoms with Crippen LogP contribution in [0, 0.1) is 17.5 Å². The second-order valence-corrected chi connectivity index (χ2v) is 11.3. The number of nitrogens with one attached hydrogen (secondary N) is 1. The van der Waals surface area contributed by atoms with Crippen LogP contribution in [0.3, 0.4) is 0 Å². The van der Waals surface area contributed by atoms with E-state index >= 15 is 0 Å². The molecule has 0 spiro atoms. The number of benzene rings is 3. The first-order valence-corrected chi connectivity index (χ1v) is 14.6. The number of halogens is 3. The Bertz CT molecular complexity index is 1400. The monoisotopic (exact) mass is 575 g/mol. The van der Waals surface area contributed by atoms with Crippen molar-refractivity contribution in [2.45, 2.75) is 38.8 Å². The summed E-state index contributed by atoms with van der Waals surface area (Å²) in [5.41, 5.74) is 1.02. The fourth-order valence-corrected chi connectivity index (χ4v) is 4.94. The standard InChI is InChI=1S/C29H32F3N3O4S/c1-3-4-16-33-29(37)27(17-21-8-6-5-7-9-21)34(19-22-10-12-23(30)13-11-22)28(36)20-35(40(2,38)39)24-14-15-25(31)26(32)18-24/h5-15,18,27H,3-4,16-17,19-20H2,1-2H3,(H,33,37)/t27-/m0/s1. The van der Waals surface area contributed by atoms with E-state index in [4.69, 9.17) is 0 Å². The summed E-state index contributed by atoms with van der Waals surface area (Å²) in [7, 11) is -4.13. The first kappa shape index (κ1) is 30.7. The molecular weight excluding hydrogens is 543 g/mol. The van der Waals surface area contributed by atoms with Gasteiger partial charge in [0.1, 0.15) is 18.4 Å². The average molecular weight is 576 g/mol. The summed E-state index contributed by atoms with van der Waals surface area (Å²) in [5.74, 6) is -4.13. The van der Waals surface area contributed by atoms with Crippen molar-refractivity contribution >= 4 is 27.5 Å². The maximum atomic E-state index is 14.0. The lowest BCUT2D eigenvalue weighted by atomic mass is 10.0. The van der Waals surface area contributed by atoms with E-state index in [-0.39, 0.29) is 18.7 Å². The zero-order valence-electron chi connectivity index (χ0n) is 22.3. The van der Waals surface area contributed by atoms with Gasteiger partial charge in [0.05, 0.1) is 11.9 Å². The van der Waals surface area contributed by atoms with Gasteiger partial charge in [-0.2, -0.15) is 0 Å². The van der Waals surface area contributed by atoms with Crippen LogP contribution in [0.25, 0.3) is 0 Å². The molecule has 0 heterocycles. The van der Waals surface area contributed by atoms with Crippen molar-refractivity contribution in [3.8, 4) is 0 Å². The smallest absolute Gasteiger partial charge is 0.244 e. The molecule has 0 aliphatic heterocycles. The predicted octanol–water partition coefficient (Wildman–Crippen LogP) is 4.43. The van der Waals surface area contributed by atoms with E-state index in [1.807, 2.05) is 13.0 Å². The minimum absolute atomic E-state index is 0.121. The van der Waals surface area contributed by atoms with Gasteiger partial charge in [-0.05, 0) is 41.8 Å². The number of unbranched alkanes of at least 4 members (excludes halogenated alkanes) is 1. The third kappa shape index (κ3) is 8.57. The highest BCUT2D eigenvalue weighted by atomic mass is 32.2. The van der Waals surface area contributed by atoms with Gasteiger partial charge in [-0.15, -0.1) is 0 Å². The summed E-state index contributed by atoms with van der Waals surface area (Å²) < 4.78 is 67.2. The summed E-state index contributed by atoms with van der Waals surface area (Å²) in [6.45, 7) is 1.44. The van der Waals surface area contributed by atoms with E-state index in [9.17, 15) is 31.2 Å². The van der Waals surface area contributed by atoms with Crippen LogP contribution in [0.15, 0.2) is 72.8 Å². The SMILES string of the molecule is CCCCNC(=O)[C@H](Cc1ccccc1)N(Cc1ccc(F)cc1)C(=O)CN(c1ccc(F)c(F)c1)S(C)(=O)=O. The van der Waals surface area contributed by atoms with Crippen LogP contribution in [-0.2, 0) is 32.6 Å². The lowest BCUT2D eigenvalue weighted by Crippen LogP contribution is -2.53. The number of hydrogen-bond acceptors (Lipinski definition) is 4. The molecule has 0 radical (unpaired) electrons. The quantitative estimate of drug-likeness (QED) is 0.306. The molecule has 1 atom stereocenters. The van der Waals surface area contributed by atoms with Crippen molar-refractivity contribution in [3.63, 3.8) is 0 Å². The molecule has 0 saturated carbocycles. The molecule has 1 N–H and O–H groups in total. The van der Waals surface area contributed by atoms with Crippen molar-refractivity contribution in [1.82, 2.24) is 10.2 Å². The number of carbonyl (C=O) groups excluding carboxylic acids is 2. The van der Waals surface area contributed by atoms with Crippen molar-refractivity contribution in [3.05, 3.63) is 101 Å². The number of anilines is 1. The molecule has 0 bridgehead atoms. The zero-order chi connectivity index (χ0) is 29.3. The lowest BCUT2D eigenvalue weighted by Gasteiger charge is -2.33. The van der Waals surface area contributed by atoms with Gasteiger partial charge in [0.15, 0.2) is 11.6 Å². The molecule has 2 amide bonds. The first-order valence-electron chi connectivity index (χ1n) is 12.8. The highest BCUT2D eigenvalue weighted by Crippen LogP contribution is 2.22. The lowest BCUT2D eigenvalue weighted by molar-refractivity contribution is -0.140. The summed E-state index contributed by atoms with van der Waals surface area (Å²) >= 11 is 0. The Labute approximate surface area is 232 Å². The van der Waals surface area contributed by atoms with E-state index in [0.717, 1.165) is 30.4 Å². The molecule has 0 aromatic heterocycles. The van der Waals surface area contributed by atoms with Crippen LogP contribution in [-0.4, -0.2) is 50.5 Å². The molecular formula is C29H32F3N3O4S. The average Bonchev–Trinajstić information content (AvgIpc) is 2.92. The van der Waals surface area contributed by atoms with Gasteiger partial charge >= 0.3 is 0 Å². The van der Waals surface area contributed by atoms with Crippen LogP contribution in [0.2, 0.25) is 0 Å². The normalized spacial score (nSPS) is 12.0. The zero-order valence-corrected chi connectivity index (χ0v) is 23.1. The number of rotatable bonds is 13. The molecule has 0 saturated heterocycles. The highest BCUT2D eigenvalue weighted by molar-refractivity contribution is 7.92. The minimum atomic E-state index is -4.13. The second-order valence-electron chi connectivity index (χ2n) is 9.37. The van der Waals surface area contributed by atoms with Gasteiger partial charge in [-0.1, -0.05) is 55.8 Å². The van der Waals surface area contributed by atoms with Crippen LogP contribution in [0.5, 0.6) is 0 Å². The van der Waals surface area contributed by atoms with Gasteiger partial charge < -0.3 is 10.2 Å². The van der Waals surface area contributed by atoms with E-state index in [1.54, 1.807) is 24.3 Å². The van der Waals surface area contributed by atoms with Gasteiger partial charge in [0, 0.05) is 25.6 Å². The summed E-state index contributed by atoms with van der Waals surface area (Å²) in [6.07, 6.45) is 2.51. The maximum absolute atomic E-state index is 14.0. The van der Waals surface area contributed by atoms with Gasteiger partial charge in [-0.3, -0.25) is 13.9 Å². The predicted molar refractivity (Wildman–Crippen MR) is 147 cm³/mol. The van der Waals surface area contributed by atoms with Crippen LogP contribution < -0.4 is 9.62 Å². The van der Waals surface area contributed by atoms with E-state index < -0.39 is 51.9 Å². The Morgan fingerprint density at radius 1 is 0.900 bits per heavy atom. The number of nitrogens with zero attached hydrogens (tertiary/aromatic N) is 2. The van der Waals surface area contributed by atoms with Gasteiger partial charge in [0.25, 0.3) is 0 Å². The van der Waals surface area contributed by atoms with Crippen molar-refractivity contribution in [2.75, 3.05) is 23.7 Å². The van der Waals surface area contributed by atoms with E-state index in [2.05, 4.69) is 5.32 Å². The molecule has 0 aliphatic rings. The largest absolute Gasteiger partial charge is 0.354 e. The fourth-order valence-electron chi connectivity index (χ4n) is 4.10. The number of sulfonamides is 1. The molecule has 11 heteroatoms. The Balaban J connectivity index is 2.03. The van der Waals surface area contributed by atoms with Crippen LogP contribution >= 0.6 is 0 Å². The Morgan fingerprint density at radius 2 is 1.57 bits per heavy atom. The second kappa shape index (κ2) is 14.0. The Morgan fingerprint density at radius 3 is 2.17 bits per heavy atom. The van der Waals surface area contributed by atoms with Crippen LogP contribution in [0.4, 0.5) is 18.9 Å². The van der Waals surface area contributed by atoms with Crippen LogP contribution in [0.1, 0.15) is 30.9 Å². The van der Waals surface area contributed by atoms with Crippen molar-refractivity contribution in [1.29, 1.82) is 0 Å². The molecule has 3 aromatic carbocycles. The third-order valence-corrected chi connectivity index (χ3v) is 7.38. The molecule has 7 nitrogen and oxygen atoms in total. The molecule has 3 rings (SSSR count). The van der Waals surface area contributed by atoms with Crippen molar-refractivity contribution < 1.29 is 31.2 Å². The molecule has 214 valence electrons. The first-order chi connectivity index (χ1) is 19.0. The molecule has 0 unspecified atom stereocenters. The summed E-state index contributed by atoms with van der Waals surface area (Å²) in [4.78, 5) is 28.6.